The van der Waals surface area contributed by atoms with Crippen LogP contribution < -0.4 is 14.2 Å². The lowest BCUT2D eigenvalue weighted by Gasteiger charge is -2.42. The lowest BCUT2D eigenvalue weighted by molar-refractivity contribution is -0.203. The van der Waals surface area contributed by atoms with Crippen LogP contribution in [0.25, 0.3) is 0 Å². The fourth-order valence-electron chi connectivity index (χ4n) is 5.71. The topological polar surface area (TPSA) is 55.4 Å². The molecule has 0 aliphatic carbocycles. The van der Waals surface area contributed by atoms with E-state index in [2.05, 4.69) is 43.0 Å². The van der Waals surface area contributed by atoms with Gasteiger partial charge in [-0.3, -0.25) is 0 Å². The third kappa shape index (κ3) is 6.87. The number of hydrogen-bond acceptors (Lipinski definition) is 6. The maximum atomic E-state index is 6.82. The molecule has 40 heavy (non-hydrogen) atoms. The van der Waals surface area contributed by atoms with Crippen molar-refractivity contribution in [2.24, 2.45) is 5.92 Å². The first-order valence-corrected chi connectivity index (χ1v) is 14.1. The third-order valence-electron chi connectivity index (χ3n) is 8.00. The average Bonchev–Trinajstić information content (AvgIpc) is 3.17. The van der Waals surface area contributed by atoms with Gasteiger partial charge in [0.2, 0.25) is 0 Å². The van der Waals surface area contributed by atoms with Crippen LogP contribution in [0.2, 0.25) is 0 Å². The number of hydrogen-bond donors (Lipinski definition) is 0. The highest BCUT2D eigenvalue weighted by Crippen LogP contribution is 2.45. The molecular weight excluding hydrogens is 504 g/mol. The Morgan fingerprint density at radius 1 is 0.700 bits per heavy atom. The van der Waals surface area contributed by atoms with Crippen LogP contribution in [0.15, 0.2) is 84.9 Å². The fraction of sp³-hybridized carbons (Fsp3) is 0.412. The molecule has 0 N–H and O–H groups in total. The number of fused-ring (bicyclic) bond motifs is 1. The van der Waals surface area contributed by atoms with Gasteiger partial charge in [-0.15, -0.1) is 0 Å². The highest BCUT2D eigenvalue weighted by atomic mass is 16.7. The standard InChI is InChI=1S/C34H40O6/c1-23-22-38-32(20-10-25-7-15-28(36-3)16-8-25)40-31-21-30(17-9-24-5-13-27(35-2)14-6-24)39-34(33(23)31)26-11-18-29(37-4)19-12-26/h5-8,11-16,18-19,30-34H,1,9-10,17,20-22H2,2-4H3/t30-,31+,32?,33-,34+/m0/s1. The van der Waals surface area contributed by atoms with Gasteiger partial charge in [0.1, 0.15) is 17.2 Å². The SMILES string of the molecule is C=C1COC(CCc2ccc(OC)cc2)O[C@@H]2C[C@H](CCc3ccc(OC)cc3)O[C@H](c3ccc(OC)cc3)[C@@H]12. The van der Waals surface area contributed by atoms with E-state index >= 15 is 0 Å². The number of benzene rings is 3. The van der Waals surface area contributed by atoms with Gasteiger partial charge < -0.3 is 28.4 Å². The molecule has 6 heteroatoms. The van der Waals surface area contributed by atoms with Gasteiger partial charge in [0.05, 0.1) is 46.2 Å². The number of aryl methyl sites for hydroxylation is 2. The molecule has 0 radical (unpaired) electrons. The molecule has 0 saturated carbocycles. The molecule has 2 fully saturated rings. The van der Waals surface area contributed by atoms with E-state index in [-0.39, 0.29) is 30.5 Å². The number of methoxy groups -OCH3 is 3. The quantitative estimate of drug-likeness (QED) is 0.264. The maximum Gasteiger partial charge on any atom is 0.158 e. The van der Waals surface area contributed by atoms with E-state index in [1.807, 2.05) is 36.4 Å². The van der Waals surface area contributed by atoms with Crippen LogP contribution in [0.3, 0.4) is 0 Å². The summed E-state index contributed by atoms with van der Waals surface area (Å²) in [4.78, 5) is 0. The van der Waals surface area contributed by atoms with Crippen molar-refractivity contribution in [3.8, 4) is 17.2 Å². The van der Waals surface area contributed by atoms with Crippen LogP contribution in [0, 0.1) is 5.92 Å². The molecule has 3 aromatic rings. The molecule has 5 rings (SSSR count). The second-order valence-corrected chi connectivity index (χ2v) is 10.6. The molecule has 3 aromatic carbocycles. The van der Waals surface area contributed by atoms with Crippen molar-refractivity contribution in [2.75, 3.05) is 27.9 Å². The van der Waals surface area contributed by atoms with E-state index in [4.69, 9.17) is 28.4 Å². The summed E-state index contributed by atoms with van der Waals surface area (Å²) in [6, 6.07) is 24.6. The van der Waals surface area contributed by atoms with E-state index in [9.17, 15) is 0 Å². The Hall–Kier alpha value is -3.32. The minimum atomic E-state index is -0.300. The summed E-state index contributed by atoms with van der Waals surface area (Å²) in [7, 11) is 5.06. The number of rotatable bonds is 10. The van der Waals surface area contributed by atoms with Gasteiger partial charge in [-0.05, 0) is 77.9 Å². The molecular formula is C34H40O6. The van der Waals surface area contributed by atoms with E-state index in [1.54, 1.807) is 21.3 Å². The average molecular weight is 545 g/mol. The molecule has 212 valence electrons. The van der Waals surface area contributed by atoms with E-state index in [0.717, 1.165) is 60.5 Å². The molecule has 2 aliphatic rings. The Kier molecular flexibility index (Phi) is 9.42. The van der Waals surface area contributed by atoms with Gasteiger partial charge in [-0.1, -0.05) is 43.0 Å². The maximum absolute atomic E-state index is 6.82. The van der Waals surface area contributed by atoms with Crippen molar-refractivity contribution in [1.82, 2.24) is 0 Å². The van der Waals surface area contributed by atoms with Crippen molar-refractivity contribution in [2.45, 2.75) is 56.7 Å². The summed E-state index contributed by atoms with van der Waals surface area (Å²) in [5, 5.41) is 0. The van der Waals surface area contributed by atoms with Crippen LogP contribution >= 0.6 is 0 Å². The minimum absolute atomic E-state index is 0.0108. The zero-order valence-electron chi connectivity index (χ0n) is 23.7. The monoisotopic (exact) mass is 544 g/mol. The zero-order valence-corrected chi connectivity index (χ0v) is 23.7. The smallest absolute Gasteiger partial charge is 0.158 e. The molecule has 5 atom stereocenters. The highest BCUT2D eigenvalue weighted by Gasteiger charge is 2.44. The fourth-order valence-corrected chi connectivity index (χ4v) is 5.71. The van der Waals surface area contributed by atoms with Crippen LogP contribution in [0.4, 0.5) is 0 Å². The van der Waals surface area contributed by atoms with Gasteiger partial charge in [0.15, 0.2) is 6.29 Å². The highest BCUT2D eigenvalue weighted by molar-refractivity contribution is 5.32. The molecule has 2 aliphatic heterocycles. The first kappa shape index (κ1) is 28.2. The van der Waals surface area contributed by atoms with Gasteiger partial charge >= 0.3 is 0 Å². The molecule has 1 unspecified atom stereocenters. The Morgan fingerprint density at radius 2 is 1.23 bits per heavy atom. The normalized spacial score (nSPS) is 24.6. The molecule has 6 nitrogen and oxygen atoms in total. The van der Waals surface area contributed by atoms with E-state index in [0.29, 0.717) is 6.61 Å². The summed E-state index contributed by atoms with van der Waals surface area (Å²) in [5.41, 5.74) is 4.62. The third-order valence-corrected chi connectivity index (χ3v) is 8.00. The van der Waals surface area contributed by atoms with Crippen molar-refractivity contribution >= 4 is 0 Å². The van der Waals surface area contributed by atoms with Crippen molar-refractivity contribution in [3.05, 3.63) is 102 Å². The first-order valence-electron chi connectivity index (χ1n) is 14.1. The zero-order chi connectivity index (χ0) is 27.9. The minimum Gasteiger partial charge on any atom is -0.497 e. The van der Waals surface area contributed by atoms with Gasteiger partial charge in [-0.2, -0.15) is 0 Å². The van der Waals surface area contributed by atoms with Gasteiger partial charge in [0.25, 0.3) is 0 Å². The second-order valence-electron chi connectivity index (χ2n) is 10.6. The predicted octanol–water partition coefficient (Wildman–Crippen LogP) is 6.72. The Balaban J connectivity index is 1.32. The van der Waals surface area contributed by atoms with Crippen LogP contribution in [0.5, 0.6) is 17.2 Å². The lowest BCUT2D eigenvalue weighted by Crippen LogP contribution is -2.42. The molecule has 0 amide bonds. The van der Waals surface area contributed by atoms with Crippen molar-refractivity contribution in [3.63, 3.8) is 0 Å². The van der Waals surface area contributed by atoms with E-state index < -0.39 is 0 Å². The Morgan fingerprint density at radius 3 is 1.77 bits per heavy atom. The molecule has 2 saturated heterocycles. The second kappa shape index (κ2) is 13.4. The largest absolute Gasteiger partial charge is 0.497 e. The summed E-state index contributed by atoms with van der Waals surface area (Å²) < 4.78 is 35.8. The van der Waals surface area contributed by atoms with Crippen LogP contribution in [0.1, 0.15) is 42.1 Å². The van der Waals surface area contributed by atoms with Gasteiger partial charge in [0, 0.05) is 18.8 Å². The first-order chi connectivity index (χ1) is 19.6. The van der Waals surface area contributed by atoms with Crippen molar-refractivity contribution in [1.29, 1.82) is 0 Å². The number of ether oxygens (including phenoxy) is 6. The van der Waals surface area contributed by atoms with Crippen LogP contribution in [-0.4, -0.2) is 46.4 Å². The molecule has 0 bridgehead atoms. The van der Waals surface area contributed by atoms with Crippen LogP contribution in [-0.2, 0) is 27.1 Å². The predicted molar refractivity (Wildman–Crippen MR) is 155 cm³/mol. The lowest BCUT2D eigenvalue weighted by atomic mass is 9.80. The Bertz CT molecular complexity index is 1220. The van der Waals surface area contributed by atoms with E-state index in [1.165, 1.54) is 11.1 Å². The summed E-state index contributed by atoms with van der Waals surface area (Å²) in [6.45, 7) is 4.90. The Labute approximate surface area is 237 Å². The summed E-state index contributed by atoms with van der Waals surface area (Å²) in [5.74, 6) is 2.56. The summed E-state index contributed by atoms with van der Waals surface area (Å²) in [6.07, 6.45) is 3.78. The molecule has 2 heterocycles. The van der Waals surface area contributed by atoms with Crippen molar-refractivity contribution < 1.29 is 28.4 Å². The summed E-state index contributed by atoms with van der Waals surface area (Å²) >= 11 is 0. The van der Waals surface area contributed by atoms with Gasteiger partial charge in [-0.25, -0.2) is 0 Å². The molecule has 0 aromatic heterocycles. The molecule has 0 spiro atoms.